The zero-order chi connectivity index (χ0) is 13.5. The molecule has 1 saturated carbocycles. The summed E-state index contributed by atoms with van der Waals surface area (Å²) >= 11 is 0. The van der Waals surface area contributed by atoms with Gasteiger partial charge in [-0.15, -0.1) is 0 Å². The highest BCUT2D eigenvalue weighted by Crippen LogP contribution is 2.38. The molecule has 0 saturated heterocycles. The van der Waals surface area contributed by atoms with Gasteiger partial charge in [-0.1, -0.05) is 5.16 Å². The third-order valence-corrected chi connectivity index (χ3v) is 4.07. The Morgan fingerprint density at radius 1 is 1.35 bits per heavy atom. The molecule has 4 rings (SSSR count). The second-order valence-electron chi connectivity index (χ2n) is 5.73. The molecule has 0 amide bonds. The van der Waals surface area contributed by atoms with Gasteiger partial charge in [-0.25, -0.2) is 0 Å². The van der Waals surface area contributed by atoms with Crippen molar-refractivity contribution in [3.8, 4) is 0 Å². The van der Waals surface area contributed by atoms with Crippen molar-refractivity contribution in [2.24, 2.45) is 0 Å². The summed E-state index contributed by atoms with van der Waals surface area (Å²) in [7, 11) is 0. The van der Waals surface area contributed by atoms with Crippen LogP contribution in [0.2, 0.25) is 0 Å². The van der Waals surface area contributed by atoms with Crippen LogP contribution in [0.4, 0.5) is 11.4 Å². The van der Waals surface area contributed by atoms with E-state index in [2.05, 4.69) is 27.2 Å². The Bertz CT molecular complexity index is 633. The third kappa shape index (κ3) is 2.13. The molecule has 1 fully saturated rings. The number of anilines is 2. The number of nitrogens with two attached hydrogens (primary N) is 1. The minimum absolute atomic E-state index is 0.543. The van der Waals surface area contributed by atoms with Crippen LogP contribution in [0.1, 0.15) is 42.5 Å². The summed E-state index contributed by atoms with van der Waals surface area (Å²) in [5.74, 6) is 2.15. The minimum atomic E-state index is 0.543. The van der Waals surface area contributed by atoms with Gasteiger partial charge in [0.1, 0.15) is 0 Å². The fraction of sp³-hybridized carbons (Fsp3) is 0.467. The van der Waals surface area contributed by atoms with Gasteiger partial charge >= 0.3 is 0 Å². The van der Waals surface area contributed by atoms with E-state index in [-0.39, 0.29) is 0 Å². The molecule has 1 aliphatic heterocycles. The lowest BCUT2D eigenvalue weighted by molar-refractivity contribution is 0.370. The normalized spacial score (nSPS) is 18.1. The molecule has 104 valence electrons. The van der Waals surface area contributed by atoms with Crippen LogP contribution in [0.25, 0.3) is 0 Å². The second-order valence-corrected chi connectivity index (χ2v) is 5.73. The average Bonchev–Trinajstić information content (AvgIpc) is 3.19. The molecule has 1 aliphatic carbocycles. The third-order valence-electron chi connectivity index (χ3n) is 4.07. The number of aromatic nitrogens is 2. The molecule has 2 N–H and O–H groups in total. The lowest BCUT2D eigenvalue weighted by atomic mass is 10.0. The first-order chi connectivity index (χ1) is 9.79. The molecule has 0 spiro atoms. The van der Waals surface area contributed by atoms with Crippen molar-refractivity contribution in [1.82, 2.24) is 10.1 Å². The molecule has 2 aliphatic rings. The highest BCUT2D eigenvalue weighted by atomic mass is 16.5. The van der Waals surface area contributed by atoms with Crippen molar-refractivity contribution in [3.05, 3.63) is 35.5 Å². The summed E-state index contributed by atoms with van der Waals surface area (Å²) < 4.78 is 5.38. The van der Waals surface area contributed by atoms with Gasteiger partial charge in [-0.2, -0.15) is 4.98 Å². The Morgan fingerprint density at radius 3 is 3.10 bits per heavy atom. The average molecular weight is 270 g/mol. The maximum Gasteiger partial charge on any atom is 0.246 e. The van der Waals surface area contributed by atoms with Crippen LogP contribution < -0.4 is 10.6 Å². The second kappa shape index (κ2) is 4.51. The molecular weight excluding hydrogens is 252 g/mol. The number of benzene rings is 1. The molecular formula is C15H18N4O. The fourth-order valence-electron chi connectivity index (χ4n) is 2.86. The predicted octanol–water partition coefficient (Wildman–Crippen LogP) is 2.48. The predicted molar refractivity (Wildman–Crippen MR) is 76.5 cm³/mol. The Balaban J connectivity index is 1.56. The van der Waals surface area contributed by atoms with Crippen molar-refractivity contribution >= 4 is 11.4 Å². The van der Waals surface area contributed by atoms with E-state index < -0.39 is 0 Å². The van der Waals surface area contributed by atoms with Gasteiger partial charge in [0.25, 0.3) is 0 Å². The Kier molecular flexibility index (Phi) is 2.65. The van der Waals surface area contributed by atoms with E-state index >= 15 is 0 Å². The van der Waals surface area contributed by atoms with Gasteiger partial charge < -0.3 is 15.2 Å². The molecule has 1 aromatic heterocycles. The van der Waals surface area contributed by atoms with Crippen LogP contribution in [0.5, 0.6) is 0 Å². The molecule has 0 radical (unpaired) electrons. The summed E-state index contributed by atoms with van der Waals surface area (Å²) in [5, 5.41) is 4.08. The first-order valence-corrected chi connectivity index (χ1v) is 7.25. The lowest BCUT2D eigenvalue weighted by Gasteiger charge is -2.30. The number of nitrogens with zero attached hydrogens (tertiary/aromatic N) is 3. The number of hydrogen-bond donors (Lipinski definition) is 1. The smallest absolute Gasteiger partial charge is 0.246 e. The molecule has 1 aromatic carbocycles. The van der Waals surface area contributed by atoms with E-state index in [0.29, 0.717) is 12.5 Å². The van der Waals surface area contributed by atoms with Crippen LogP contribution in [-0.2, 0) is 13.0 Å². The van der Waals surface area contributed by atoms with E-state index in [1.807, 2.05) is 6.07 Å². The monoisotopic (exact) mass is 270 g/mol. The van der Waals surface area contributed by atoms with E-state index in [9.17, 15) is 0 Å². The lowest BCUT2D eigenvalue weighted by Crippen LogP contribution is -2.29. The van der Waals surface area contributed by atoms with Crippen LogP contribution in [0.3, 0.4) is 0 Å². The molecule has 5 nitrogen and oxygen atoms in total. The van der Waals surface area contributed by atoms with Crippen LogP contribution >= 0.6 is 0 Å². The highest BCUT2D eigenvalue weighted by Gasteiger charge is 2.29. The molecule has 2 aromatic rings. The molecule has 0 unspecified atom stereocenters. The summed E-state index contributed by atoms with van der Waals surface area (Å²) in [6.45, 7) is 1.72. The summed E-state index contributed by atoms with van der Waals surface area (Å²) in [6, 6.07) is 6.13. The number of rotatable bonds is 3. The van der Waals surface area contributed by atoms with E-state index in [1.54, 1.807) is 0 Å². The quantitative estimate of drug-likeness (QED) is 0.868. The van der Waals surface area contributed by atoms with Gasteiger partial charge in [0.2, 0.25) is 5.89 Å². The Morgan fingerprint density at radius 2 is 2.25 bits per heavy atom. The highest BCUT2D eigenvalue weighted by molar-refractivity contribution is 5.61. The van der Waals surface area contributed by atoms with Crippen molar-refractivity contribution in [1.29, 1.82) is 0 Å². The summed E-state index contributed by atoms with van der Waals surface area (Å²) in [4.78, 5) is 6.82. The minimum Gasteiger partial charge on any atom is -0.399 e. The van der Waals surface area contributed by atoms with Crippen molar-refractivity contribution in [2.75, 3.05) is 17.2 Å². The van der Waals surface area contributed by atoms with Gasteiger partial charge in [0.05, 0.1) is 6.54 Å². The number of fused-ring (bicyclic) bond motifs is 1. The van der Waals surface area contributed by atoms with Gasteiger partial charge in [-0.3, -0.25) is 0 Å². The number of hydrogen-bond acceptors (Lipinski definition) is 5. The zero-order valence-electron chi connectivity index (χ0n) is 11.4. The summed E-state index contributed by atoms with van der Waals surface area (Å²) in [6.07, 6.45) is 4.63. The Labute approximate surface area is 117 Å². The van der Waals surface area contributed by atoms with Gasteiger partial charge in [-0.05, 0) is 49.4 Å². The van der Waals surface area contributed by atoms with Gasteiger partial charge in [0.15, 0.2) is 5.82 Å². The summed E-state index contributed by atoms with van der Waals surface area (Å²) in [5.41, 5.74) is 9.26. The maximum atomic E-state index is 5.86. The fourth-order valence-corrected chi connectivity index (χ4v) is 2.86. The van der Waals surface area contributed by atoms with Crippen molar-refractivity contribution in [3.63, 3.8) is 0 Å². The molecule has 0 atom stereocenters. The number of nitrogen functional groups attached to an aromatic ring is 1. The first-order valence-electron chi connectivity index (χ1n) is 7.25. The van der Waals surface area contributed by atoms with E-state index in [1.165, 1.54) is 24.1 Å². The van der Waals surface area contributed by atoms with Crippen molar-refractivity contribution in [2.45, 2.75) is 38.1 Å². The van der Waals surface area contributed by atoms with Crippen molar-refractivity contribution < 1.29 is 4.52 Å². The molecule has 2 heterocycles. The van der Waals surface area contributed by atoms with E-state index in [0.717, 1.165) is 36.8 Å². The van der Waals surface area contributed by atoms with Gasteiger partial charge in [0, 0.05) is 23.8 Å². The largest absolute Gasteiger partial charge is 0.399 e. The number of aryl methyl sites for hydroxylation is 1. The first kappa shape index (κ1) is 11.8. The Hall–Kier alpha value is -2.04. The molecule has 0 bridgehead atoms. The molecule has 20 heavy (non-hydrogen) atoms. The molecule has 5 heteroatoms. The maximum absolute atomic E-state index is 5.86. The van der Waals surface area contributed by atoms with Crippen LogP contribution in [-0.4, -0.2) is 16.7 Å². The van der Waals surface area contributed by atoms with E-state index in [4.69, 9.17) is 10.3 Å². The SMILES string of the molecule is Nc1ccc2c(c1)CCCN2Cc1nc(C2CC2)no1. The van der Waals surface area contributed by atoms with Crippen LogP contribution in [0, 0.1) is 0 Å². The van der Waals surface area contributed by atoms with Crippen LogP contribution in [0.15, 0.2) is 22.7 Å². The zero-order valence-corrected chi connectivity index (χ0v) is 11.4. The topological polar surface area (TPSA) is 68.2 Å². The standard InChI is InChI=1S/C15H18N4O/c16-12-5-6-13-11(8-12)2-1-7-19(13)9-14-17-15(18-20-14)10-3-4-10/h5-6,8,10H,1-4,7,9,16H2.